The van der Waals surface area contributed by atoms with E-state index >= 15 is 0 Å². The molecule has 0 heterocycles. The Morgan fingerprint density at radius 1 is 0.273 bits per heavy atom. The zero-order valence-corrected chi connectivity index (χ0v) is 66.4. The van der Waals surface area contributed by atoms with Crippen LogP contribution in [0.15, 0.2) is 0 Å². The first-order valence-electron chi connectivity index (χ1n) is 41.6. The summed E-state index contributed by atoms with van der Waals surface area (Å²) in [5, 5.41) is 10.6. The zero-order valence-electron chi connectivity index (χ0n) is 64.6. The summed E-state index contributed by atoms with van der Waals surface area (Å²) < 4.78 is 68.6. The van der Waals surface area contributed by atoms with E-state index in [1.165, 1.54) is 250 Å². The quantitative estimate of drug-likeness (QED) is 0.0222. The number of aliphatic hydroxyl groups excluding tert-OH is 1. The molecule has 0 bridgehead atoms. The summed E-state index contributed by atoms with van der Waals surface area (Å²) in [5.74, 6) is -1.30. The minimum absolute atomic E-state index is 0.107. The Bertz CT molecular complexity index is 1890. The number of carbonyl (C=O) groups excluding carboxylic acids is 4. The third kappa shape index (κ3) is 74.1. The van der Waals surface area contributed by atoms with Crippen LogP contribution in [0.4, 0.5) is 0 Å². The molecule has 3 N–H and O–H groups in total. The highest BCUT2D eigenvalue weighted by Gasteiger charge is 2.30. The van der Waals surface area contributed by atoms with Crippen molar-refractivity contribution < 1.29 is 80.2 Å². The molecule has 0 aliphatic heterocycles. The molecule has 99 heavy (non-hydrogen) atoms. The van der Waals surface area contributed by atoms with Crippen molar-refractivity contribution >= 4 is 39.5 Å². The number of hydrogen-bond donors (Lipinski definition) is 3. The molecule has 17 nitrogen and oxygen atoms in total. The third-order valence-electron chi connectivity index (χ3n) is 18.8. The van der Waals surface area contributed by atoms with Crippen molar-refractivity contribution in [2.45, 2.75) is 445 Å². The number of phosphoric ester groups is 2. The molecule has 0 fully saturated rings. The molecular weight excluding hydrogens is 1290 g/mol. The first kappa shape index (κ1) is 97.1. The average molecular weight is 1450 g/mol. The maximum Gasteiger partial charge on any atom is 0.472 e. The molecule has 0 aliphatic rings. The molecule has 0 aromatic carbocycles. The maximum atomic E-state index is 13.1. The number of esters is 4. The second kappa shape index (κ2) is 73.0. The molecule has 0 radical (unpaired) electrons. The van der Waals surface area contributed by atoms with E-state index in [-0.39, 0.29) is 25.7 Å². The highest BCUT2D eigenvalue weighted by Crippen LogP contribution is 2.45. The second-order valence-electron chi connectivity index (χ2n) is 29.3. The first-order chi connectivity index (χ1) is 48.0. The SMILES string of the molecule is CCCCCCCCCCCCCCCCCCCCCCC(=O)O[C@H](COC(=O)CCCCCCCCCCCCCCCCCCC(C)C)COP(=O)(O)OC[C@@H](O)COP(=O)(O)OC[C@@H](COC(=O)CCCCCCCCCCC)OC(=O)CCCCCCCCCCCCC. The number of unbranched alkanes of at least 4 members (excludes halogenated alkanes) is 52. The van der Waals surface area contributed by atoms with Crippen LogP contribution in [0.3, 0.4) is 0 Å². The molecular formula is C80H156O17P2. The maximum absolute atomic E-state index is 13.1. The molecule has 0 aliphatic carbocycles. The van der Waals surface area contributed by atoms with Crippen molar-refractivity contribution in [1.82, 2.24) is 0 Å². The fourth-order valence-electron chi connectivity index (χ4n) is 12.4. The molecule has 0 saturated carbocycles. The lowest BCUT2D eigenvalue weighted by atomic mass is 10.0. The third-order valence-corrected chi connectivity index (χ3v) is 20.7. The Morgan fingerprint density at radius 3 is 0.687 bits per heavy atom. The highest BCUT2D eigenvalue weighted by atomic mass is 31.2. The van der Waals surface area contributed by atoms with E-state index in [9.17, 15) is 43.2 Å². The molecule has 0 amide bonds. The van der Waals surface area contributed by atoms with Gasteiger partial charge in [-0.3, -0.25) is 37.3 Å². The van der Waals surface area contributed by atoms with Crippen LogP contribution in [0.5, 0.6) is 0 Å². The van der Waals surface area contributed by atoms with Gasteiger partial charge in [-0.1, -0.05) is 375 Å². The van der Waals surface area contributed by atoms with Gasteiger partial charge in [-0.15, -0.1) is 0 Å². The van der Waals surface area contributed by atoms with Crippen LogP contribution >= 0.6 is 15.6 Å². The van der Waals surface area contributed by atoms with Crippen LogP contribution < -0.4 is 0 Å². The molecule has 0 saturated heterocycles. The summed E-state index contributed by atoms with van der Waals surface area (Å²) >= 11 is 0. The molecule has 5 atom stereocenters. The molecule has 0 aromatic rings. The van der Waals surface area contributed by atoms with Gasteiger partial charge in [-0.2, -0.15) is 0 Å². The Kier molecular flexibility index (Phi) is 71.6. The lowest BCUT2D eigenvalue weighted by Crippen LogP contribution is -2.30. The van der Waals surface area contributed by atoms with Crippen molar-refractivity contribution in [3.63, 3.8) is 0 Å². The van der Waals surface area contributed by atoms with E-state index < -0.39 is 97.5 Å². The molecule has 0 aromatic heterocycles. The Balaban J connectivity index is 5.19. The number of ether oxygens (including phenoxy) is 4. The normalized spacial score (nSPS) is 13.9. The summed E-state index contributed by atoms with van der Waals surface area (Å²) in [6, 6.07) is 0. The Labute approximate surface area is 607 Å². The van der Waals surface area contributed by atoms with Crippen LogP contribution in [0.2, 0.25) is 0 Å². The number of carbonyl (C=O) groups is 4. The van der Waals surface area contributed by atoms with E-state index in [1.807, 2.05) is 0 Å². The summed E-state index contributed by atoms with van der Waals surface area (Å²) in [6.45, 7) is 7.33. The monoisotopic (exact) mass is 1450 g/mol. The van der Waals surface area contributed by atoms with E-state index in [4.69, 9.17) is 37.0 Å². The van der Waals surface area contributed by atoms with Crippen molar-refractivity contribution in [2.75, 3.05) is 39.6 Å². The van der Waals surface area contributed by atoms with Gasteiger partial charge in [0, 0.05) is 25.7 Å². The predicted octanol–water partition coefficient (Wildman–Crippen LogP) is 24.0. The van der Waals surface area contributed by atoms with Crippen molar-refractivity contribution in [2.24, 2.45) is 5.92 Å². The highest BCUT2D eigenvalue weighted by molar-refractivity contribution is 7.47. The lowest BCUT2D eigenvalue weighted by molar-refractivity contribution is -0.161. The molecule has 2 unspecified atom stereocenters. The molecule has 19 heteroatoms. The average Bonchev–Trinajstić information content (AvgIpc) is 1.06. The van der Waals surface area contributed by atoms with Gasteiger partial charge in [0.15, 0.2) is 12.2 Å². The van der Waals surface area contributed by atoms with E-state index in [0.717, 1.165) is 95.8 Å². The molecule has 0 spiro atoms. The van der Waals surface area contributed by atoms with Gasteiger partial charge >= 0.3 is 39.5 Å². The van der Waals surface area contributed by atoms with Crippen LogP contribution in [0.1, 0.15) is 426 Å². The fraction of sp³-hybridized carbons (Fsp3) is 0.950. The summed E-state index contributed by atoms with van der Waals surface area (Å²) in [7, 11) is -9.91. The number of hydrogen-bond acceptors (Lipinski definition) is 15. The minimum Gasteiger partial charge on any atom is -0.462 e. The zero-order chi connectivity index (χ0) is 72.7. The fourth-order valence-corrected chi connectivity index (χ4v) is 14.0. The Hall–Kier alpha value is -1.94. The van der Waals surface area contributed by atoms with Crippen LogP contribution in [-0.4, -0.2) is 96.7 Å². The molecule has 588 valence electrons. The largest absolute Gasteiger partial charge is 0.472 e. The lowest BCUT2D eigenvalue weighted by Gasteiger charge is -2.21. The smallest absolute Gasteiger partial charge is 0.462 e. The van der Waals surface area contributed by atoms with Crippen LogP contribution in [-0.2, 0) is 65.4 Å². The molecule has 0 rings (SSSR count). The van der Waals surface area contributed by atoms with Gasteiger partial charge in [0.25, 0.3) is 0 Å². The van der Waals surface area contributed by atoms with E-state index in [2.05, 4.69) is 34.6 Å². The van der Waals surface area contributed by atoms with Gasteiger partial charge in [-0.25, -0.2) is 9.13 Å². The Morgan fingerprint density at radius 2 is 0.465 bits per heavy atom. The summed E-state index contributed by atoms with van der Waals surface area (Å²) in [6.07, 6.45) is 63.9. The first-order valence-corrected chi connectivity index (χ1v) is 44.6. The van der Waals surface area contributed by atoms with Crippen molar-refractivity contribution in [1.29, 1.82) is 0 Å². The van der Waals surface area contributed by atoms with Gasteiger partial charge in [0.1, 0.15) is 19.3 Å². The predicted molar refractivity (Wildman–Crippen MR) is 405 cm³/mol. The standard InChI is InChI=1S/C80H156O17P2/c1-6-9-12-15-18-21-23-24-25-26-27-28-29-34-37-41-46-51-56-61-66-80(85)97-76(70-91-78(83)64-59-54-49-44-40-36-33-31-30-32-35-39-43-47-52-57-62-73(4)5)72-95-99(88,89)93-68-74(81)67-92-98(86,87)94-71-75(69-90-77(82)63-58-53-48-42-20-17-14-11-8-3)96-79(84)65-60-55-50-45-38-22-19-16-13-10-7-2/h73-76,81H,6-72H2,1-5H3,(H,86,87)(H,88,89)/t74-,75+,76+/m0/s1. The van der Waals surface area contributed by atoms with E-state index in [0.29, 0.717) is 25.7 Å². The van der Waals surface area contributed by atoms with Gasteiger partial charge in [-0.05, 0) is 31.6 Å². The van der Waals surface area contributed by atoms with Gasteiger partial charge in [0.2, 0.25) is 0 Å². The van der Waals surface area contributed by atoms with E-state index in [1.54, 1.807) is 0 Å². The van der Waals surface area contributed by atoms with Gasteiger partial charge < -0.3 is 33.8 Å². The van der Waals surface area contributed by atoms with Crippen molar-refractivity contribution in [3.8, 4) is 0 Å². The second-order valence-corrected chi connectivity index (χ2v) is 32.2. The topological polar surface area (TPSA) is 237 Å². The van der Waals surface area contributed by atoms with Crippen LogP contribution in [0, 0.1) is 5.92 Å². The number of aliphatic hydroxyl groups is 1. The summed E-state index contributed by atoms with van der Waals surface area (Å²) in [5.41, 5.74) is 0. The van der Waals surface area contributed by atoms with Gasteiger partial charge in [0.05, 0.1) is 26.4 Å². The number of phosphoric acid groups is 2. The number of rotatable bonds is 80. The summed E-state index contributed by atoms with van der Waals surface area (Å²) in [4.78, 5) is 72.9. The van der Waals surface area contributed by atoms with Crippen molar-refractivity contribution in [3.05, 3.63) is 0 Å². The van der Waals surface area contributed by atoms with Crippen LogP contribution in [0.25, 0.3) is 0 Å². The minimum atomic E-state index is -4.96.